The maximum Gasteiger partial charge on any atom is 0.342 e. The van der Waals surface area contributed by atoms with Gasteiger partial charge in [0.25, 0.3) is 5.69 Å². The minimum Gasteiger partial charge on any atom is -0.377 e. The van der Waals surface area contributed by atoms with Crippen LogP contribution in [0.1, 0.15) is 0 Å². The Bertz CT molecular complexity index is 904. The van der Waals surface area contributed by atoms with Crippen LogP contribution < -0.4 is 4.18 Å². The summed E-state index contributed by atoms with van der Waals surface area (Å²) in [5.41, 5.74) is -0.432. The molecule has 0 amide bonds. The summed E-state index contributed by atoms with van der Waals surface area (Å²) < 4.78 is 67.8. The molecule has 0 aromatic heterocycles. The fraction of sp³-hybridized carbons (Fsp3) is 0. The highest BCUT2D eigenvalue weighted by molar-refractivity contribution is 7.87. The van der Waals surface area contributed by atoms with Crippen LogP contribution in [-0.4, -0.2) is 13.3 Å². The zero-order chi connectivity index (χ0) is 17.4. The van der Waals surface area contributed by atoms with E-state index in [-0.39, 0.29) is 12.1 Å². The second-order valence-corrected chi connectivity index (χ2v) is 6.03. The van der Waals surface area contributed by atoms with Gasteiger partial charge in [0.1, 0.15) is 10.7 Å². The predicted octanol–water partition coefficient (Wildman–Crippen LogP) is 3.43. The van der Waals surface area contributed by atoms with Crippen molar-refractivity contribution < 1.29 is 30.7 Å². The molecule has 0 bridgehead atoms. The zero-order valence-electron chi connectivity index (χ0n) is 10.8. The lowest BCUT2D eigenvalue weighted by atomic mass is 10.3. The summed E-state index contributed by atoms with van der Waals surface area (Å²) in [5, 5.41) is 10.1. The molecule has 0 spiro atoms. The highest BCUT2D eigenvalue weighted by atomic mass is 35.5. The SMILES string of the molecule is O=[N+]([O-])c1ccc(OS(=O)(=O)c2cc(F)c(F)cc2F)c(Cl)c1. The molecule has 2 aromatic carbocycles. The molecule has 0 aliphatic heterocycles. The van der Waals surface area contributed by atoms with E-state index >= 15 is 0 Å². The molecule has 0 aliphatic carbocycles. The summed E-state index contributed by atoms with van der Waals surface area (Å²) >= 11 is 5.64. The lowest BCUT2D eigenvalue weighted by molar-refractivity contribution is -0.384. The van der Waals surface area contributed by atoms with E-state index in [9.17, 15) is 31.7 Å². The van der Waals surface area contributed by atoms with Gasteiger partial charge in [-0.05, 0) is 6.07 Å². The molecule has 0 heterocycles. The third kappa shape index (κ3) is 3.54. The van der Waals surface area contributed by atoms with Crippen molar-refractivity contribution >= 4 is 27.4 Å². The summed E-state index contributed by atoms with van der Waals surface area (Å²) in [4.78, 5) is 8.52. The summed E-state index contributed by atoms with van der Waals surface area (Å²) in [7, 11) is -4.87. The Morgan fingerprint density at radius 2 is 1.65 bits per heavy atom. The van der Waals surface area contributed by atoms with Gasteiger partial charge in [-0.25, -0.2) is 13.2 Å². The van der Waals surface area contributed by atoms with E-state index < -0.39 is 53.8 Å². The van der Waals surface area contributed by atoms with Crippen molar-refractivity contribution in [2.75, 3.05) is 0 Å². The van der Waals surface area contributed by atoms with E-state index in [0.717, 1.165) is 18.2 Å². The number of nitro benzene ring substituents is 1. The van der Waals surface area contributed by atoms with Crippen LogP contribution in [0, 0.1) is 27.6 Å². The monoisotopic (exact) mass is 367 g/mol. The molecule has 11 heteroatoms. The number of hydrogen-bond acceptors (Lipinski definition) is 5. The largest absolute Gasteiger partial charge is 0.377 e. The van der Waals surface area contributed by atoms with Crippen molar-refractivity contribution in [2.45, 2.75) is 4.90 Å². The number of nitro groups is 1. The molecule has 0 N–H and O–H groups in total. The van der Waals surface area contributed by atoms with Crippen LogP contribution in [0.15, 0.2) is 35.2 Å². The van der Waals surface area contributed by atoms with Gasteiger partial charge in [-0.15, -0.1) is 0 Å². The van der Waals surface area contributed by atoms with Crippen LogP contribution in [0.2, 0.25) is 5.02 Å². The summed E-state index contributed by atoms with van der Waals surface area (Å²) in [6, 6.07) is 2.74. The quantitative estimate of drug-likeness (QED) is 0.357. The Hall–Kier alpha value is -2.33. The number of nitrogens with zero attached hydrogens (tertiary/aromatic N) is 1. The Kier molecular flexibility index (Phi) is 4.48. The van der Waals surface area contributed by atoms with Crippen molar-refractivity contribution in [3.63, 3.8) is 0 Å². The fourth-order valence-electron chi connectivity index (χ4n) is 1.53. The molecule has 0 fully saturated rings. The maximum atomic E-state index is 13.5. The molecule has 0 radical (unpaired) electrons. The van der Waals surface area contributed by atoms with Gasteiger partial charge in [0, 0.05) is 24.3 Å². The van der Waals surface area contributed by atoms with E-state index in [2.05, 4.69) is 4.18 Å². The third-order valence-electron chi connectivity index (χ3n) is 2.57. The summed E-state index contributed by atoms with van der Waals surface area (Å²) in [5.74, 6) is -5.28. The number of hydrogen-bond donors (Lipinski definition) is 0. The van der Waals surface area contributed by atoms with E-state index in [1.807, 2.05) is 0 Å². The fourth-order valence-corrected chi connectivity index (χ4v) is 2.81. The number of non-ortho nitro benzene ring substituents is 1. The third-order valence-corrected chi connectivity index (χ3v) is 4.12. The van der Waals surface area contributed by atoms with Crippen LogP contribution in [0.3, 0.4) is 0 Å². The second-order valence-electron chi connectivity index (χ2n) is 4.11. The number of benzene rings is 2. The normalized spacial score (nSPS) is 11.3. The first-order valence-electron chi connectivity index (χ1n) is 5.65. The smallest absolute Gasteiger partial charge is 0.342 e. The van der Waals surface area contributed by atoms with Crippen molar-refractivity contribution in [3.05, 3.63) is 62.9 Å². The highest BCUT2D eigenvalue weighted by Crippen LogP contribution is 2.31. The molecular weight excluding hydrogens is 363 g/mol. The molecule has 2 rings (SSSR count). The average molecular weight is 368 g/mol. The lowest BCUT2D eigenvalue weighted by Gasteiger charge is -2.09. The Morgan fingerprint density at radius 3 is 2.22 bits per heavy atom. The Morgan fingerprint density at radius 1 is 1.04 bits per heavy atom. The van der Waals surface area contributed by atoms with Crippen molar-refractivity contribution in [1.82, 2.24) is 0 Å². The minimum atomic E-state index is -4.87. The first-order valence-corrected chi connectivity index (χ1v) is 7.43. The van der Waals surface area contributed by atoms with Crippen LogP contribution in [0.4, 0.5) is 18.9 Å². The number of rotatable bonds is 4. The number of halogens is 4. The molecular formula is C12H5ClF3NO5S. The molecule has 0 unspecified atom stereocenters. The molecule has 0 saturated heterocycles. The standard InChI is InChI=1S/C12H5ClF3NO5S/c13-7-3-6(17(18)19)1-2-11(7)22-23(20,21)12-5-9(15)8(14)4-10(12)16/h1-5H. The van der Waals surface area contributed by atoms with Crippen molar-refractivity contribution in [3.8, 4) is 5.75 Å². The van der Waals surface area contributed by atoms with Gasteiger partial charge in [-0.1, -0.05) is 11.6 Å². The van der Waals surface area contributed by atoms with E-state index in [1.165, 1.54) is 0 Å². The minimum absolute atomic E-state index is 0.0447. The molecule has 2 aromatic rings. The van der Waals surface area contributed by atoms with Gasteiger partial charge in [0.2, 0.25) is 0 Å². The second kappa shape index (κ2) is 6.05. The van der Waals surface area contributed by atoms with E-state index in [0.29, 0.717) is 0 Å². The molecule has 0 saturated carbocycles. The molecule has 6 nitrogen and oxygen atoms in total. The van der Waals surface area contributed by atoms with Crippen LogP contribution in [0.5, 0.6) is 5.75 Å². The van der Waals surface area contributed by atoms with Gasteiger partial charge in [-0.3, -0.25) is 10.1 Å². The molecule has 0 aliphatic rings. The lowest BCUT2D eigenvalue weighted by Crippen LogP contribution is -2.13. The molecule has 23 heavy (non-hydrogen) atoms. The Labute approximate surface area is 132 Å². The maximum absolute atomic E-state index is 13.5. The van der Waals surface area contributed by atoms with E-state index in [4.69, 9.17) is 11.6 Å². The Balaban J connectivity index is 2.43. The average Bonchev–Trinajstić information content (AvgIpc) is 2.44. The van der Waals surface area contributed by atoms with Gasteiger partial charge in [0.15, 0.2) is 17.4 Å². The van der Waals surface area contributed by atoms with Crippen LogP contribution in [0.25, 0.3) is 0 Å². The highest BCUT2D eigenvalue weighted by Gasteiger charge is 2.25. The van der Waals surface area contributed by atoms with Crippen LogP contribution in [-0.2, 0) is 10.1 Å². The predicted molar refractivity (Wildman–Crippen MR) is 72.2 cm³/mol. The summed E-state index contributed by atoms with van der Waals surface area (Å²) in [6.07, 6.45) is 0. The van der Waals surface area contributed by atoms with Gasteiger partial charge in [0.05, 0.1) is 9.95 Å². The van der Waals surface area contributed by atoms with Crippen molar-refractivity contribution in [1.29, 1.82) is 0 Å². The van der Waals surface area contributed by atoms with E-state index in [1.54, 1.807) is 0 Å². The van der Waals surface area contributed by atoms with Crippen LogP contribution >= 0.6 is 11.6 Å². The first kappa shape index (κ1) is 17.0. The molecule has 122 valence electrons. The first-order chi connectivity index (χ1) is 10.6. The van der Waals surface area contributed by atoms with Gasteiger partial charge < -0.3 is 4.18 Å². The topological polar surface area (TPSA) is 86.5 Å². The zero-order valence-corrected chi connectivity index (χ0v) is 12.4. The van der Waals surface area contributed by atoms with Crippen molar-refractivity contribution in [2.24, 2.45) is 0 Å². The molecule has 0 atom stereocenters. The van der Waals surface area contributed by atoms with Gasteiger partial charge >= 0.3 is 10.1 Å². The summed E-state index contributed by atoms with van der Waals surface area (Å²) in [6.45, 7) is 0. The van der Waals surface area contributed by atoms with Gasteiger partial charge in [-0.2, -0.15) is 8.42 Å².